The van der Waals surface area contributed by atoms with Gasteiger partial charge in [0, 0.05) is 17.5 Å². The maximum Gasteiger partial charge on any atom is 0.127 e. The fourth-order valence-corrected chi connectivity index (χ4v) is 2.56. The van der Waals surface area contributed by atoms with Crippen molar-refractivity contribution >= 4 is 0 Å². The van der Waals surface area contributed by atoms with Gasteiger partial charge in [-0.05, 0) is 26.0 Å². The summed E-state index contributed by atoms with van der Waals surface area (Å²) >= 11 is 0. The van der Waals surface area contributed by atoms with Crippen LogP contribution in [0.15, 0.2) is 24.3 Å². The first-order valence-electron chi connectivity index (χ1n) is 6.31. The smallest absolute Gasteiger partial charge is 0.127 e. The third-order valence-electron chi connectivity index (χ3n) is 3.37. The summed E-state index contributed by atoms with van der Waals surface area (Å²) in [7, 11) is 0. The van der Waals surface area contributed by atoms with E-state index in [2.05, 4.69) is 12.2 Å². The van der Waals surface area contributed by atoms with Crippen LogP contribution < -0.4 is 5.32 Å². The second kappa shape index (κ2) is 5.61. The lowest BCUT2D eigenvalue weighted by Gasteiger charge is -2.24. The number of hydrogen-bond acceptors (Lipinski definition) is 2. The van der Waals surface area contributed by atoms with E-state index in [0.29, 0.717) is 12.5 Å². The zero-order chi connectivity index (χ0) is 12.3. The van der Waals surface area contributed by atoms with E-state index in [1.165, 1.54) is 6.07 Å². The summed E-state index contributed by atoms with van der Waals surface area (Å²) in [6.45, 7) is 5.68. The molecule has 0 radical (unpaired) electrons. The van der Waals surface area contributed by atoms with E-state index in [1.54, 1.807) is 6.07 Å². The van der Waals surface area contributed by atoms with Gasteiger partial charge in [-0.1, -0.05) is 25.1 Å². The first kappa shape index (κ1) is 12.5. The molecule has 1 aromatic carbocycles. The summed E-state index contributed by atoms with van der Waals surface area (Å²) in [6.07, 6.45) is 1.28. The summed E-state index contributed by atoms with van der Waals surface area (Å²) in [6, 6.07) is 7.08. The van der Waals surface area contributed by atoms with Crippen molar-refractivity contribution in [1.82, 2.24) is 5.32 Å². The van der Waals surface area contributed by atoms with Crippen molar-refractivity contribution in [3.05, 3.63) is 35.6 Å². The van der Waals surface area contributed by atoms with Crippen LogP contribution in [0, 0.1) is 11.7 Å². The Morgan fingerprint density at radius 1 is 1.47 bits per heavy atom. The molecule has 1 N–H and O–H groups in total. The van der Waals surface area contributed by atoms with Crippen molar-refractivity contribution in [1.29, 1.82) is 0 Å². The highest BCUT2D eigenvalue weighted by Crippen LogP contribution is 2.32. The normalized spacial score (nSPS) is 26.1. The Kier molecular flexibility index (Phi) is 4.13. The lowest BCUT2D eigenvalue weighted by atomic mass is 9.90. The van der Waals surface area contributed by atoms with E-state index >= 15 is 0 Å². The fraction of sp³-hybridized carbons (Fsp3) is 0.571. The molecule has 0 amide bonds. The number of benzene rings is 1. The van der Waals surface area contributed by atoms with Gasteiger partial charge in [0.1, 0.15) is 5.82 Å². The minimum absolute atomic E-state index is 0.0612. The Hall–Kier alpha value is -0.930. The third kappa shape index (κ3) is 2.85. The highest BCUT2D eigenvalue weighted by Gasteiger charge is 2.31. The summed E-state index contributed by atoms with van der Waals surface area (Å²) in [5.41, 5.74) is 0.761. The van der Waals surface area contributed by atoms with Gasteiger partial charge in [-0.2, -0.15) is 0 Å². The van der Waals surface area contributed by atoms with E-state index in [0.717, 1.165) is 18.5 Å². The summed E-state index contributed by atoms with van der Waals surface area (Å²) < 4.78 is 19.4. The van der Waals surface area contributed by atoms with Crippen molar-refractivity contribution in [2.45, 2.75) is 32.4 Å². The number of ether oxygens (including phenoxy) is 1. The van der Waals surface area contributed by atoms with Crippen LogP contribution >= 0.6 is 0 Å². The van der Waals surface area contributed by atoms with Gasteiger partial charge in [-0.25, -0.2) is 4.39 Å². The van der Waals surface area contributed by atoms with Crippen LogP contribution in [-0.4, -0.2) is 19.3 Å². The van der Waals surface area contributed by atoms with Crippen molar-refractivity contribution < 1.29 is 9.13 Å². The van der Waals surface area contributed by atoms with Crippen LogP contribution in [0.2, 0.25) is 0 Å². The number of nitrogens with one attached hydrogen (secondary N) is 1. The topological polar surface area (TPSA) is 21.3 Å². The Morgan fingerprint density at radius 2 is 2.24 bits per heavy atom. The van der Waals surface area contributed by atoms with Crippen LogP contribution in [0.4, 0.5) is 4.39 Å². The quantitative estimate of drug-likeness (QED) is 0.869. The van der Waals surface area contributed by atoms with Crippen LogP contribution in [0.5, 0.6) is 0 Å². The van der Waals surface area contributed by atoms with Crippen LogP contribution in [-0.2, 0) is 4.74 Å². The molecule has 1 heterocycles. The Morgan fingerprint density at radius 3 is 2.82 bits per heavy atom. The number of hydrogen-bond donors (Lipinski definition) is 1. The highest BCUT2D eigenvalue weighted by molar-refractivity contribution is 5.22. The molecule has 2 rings (SSSR count). The van der Waals surface area contributed by atoms with E-state index in [1.807, 2.05) is 19.1 Å². The summed E-state index contributed by atoms with van der Waals surface area (Å²) in [5, 5.41) is 3.38. The van der Waals surface area contributed by atoms with Gasteiger partial charge >= 0.3 is 0 Å². The standard InChI is InChI=1S/C14H20FNO/c1-3-16-14(11-8-10(2)17-9-11)12-6-4-5-7-13(12)15/h4-7,10-11,14,16H,3,8-9H2,1-2H3. The molecule has 3 atom stereocenters. The molecule has 17 heavy (non-hydrogen) atoms. The Labute approximate surface area is 102 Å². The molecule has 1 aliphatic heterocycles. The molecule has 1 fully saturated rings. The Bertz CT molecular complexity index is 369. The average Bonchev–Trinajstić information content (AvgIpc) is 2.74. The fourth-order valence-electron chi connectivity index (χ4n) is 2.56. The predicted octanol–water partition coefficient (Wildman–Crippen LogP) is 2.90. The molecule has 1 saturated heterocycles. The molecule has 3 unspecified atom stereocenters. The van der Waals surface area contributed by atoms with E-state index in [9.17, 15) is 4.39 Å². The maximum atomic E-state index is 13.8. The van der Waals surface area contributed by atoms with Gasteiger partial charge in [-0.15, -0.1) is 0 Å². The van der Waals surface area contributed by atoms with Gasteiger partial charge in [0.25, 0.3) is 0 Å². The second-order valence-corrected chi connectivity index (χ2v) is 4.70. The maximum absolute atomic E-state index is 13.8. The van der Waals surface area contributed by atoms with Crippen molar-refractivity contribution in [2.75, 3.05) is 13.2 Å². The molecular weight excluding hydrogens is 217 g/mol. The molecule has 94 valence electrons. The van der Waals surface area contributed by atoms with E-state index < -0.39 is 0 Å². The highest BCUT2D eigenvalue weighted by atomic mass is 19.1. The molecule has 0 aromatic heterocycles. The molecule has 2 nitrogen and oxygen atoms in total. The minimum atomic E-state index is -0.127. The van der Waals surface area contributed by atoms with Crippen LogP contribution in [0.3, 0.4) is 0 Å². The van der Waals surface area contributed by atoms with E-state index in [4.69, 9.17) is 4.74 Å². The SMILES string of the molecule is CCNC(c1ccccc1F)C1COC(C)C1. The number of rotatable bonds is 4. The molecular formula is C14H20FNO. The first-order chi connectivity index (χ1) is 8.22. The number of halogens is 1. The third-order valence-corrected chi connectivity index (χ3v) is 3.37. The Balaban J connectivity index is 2.20. The second-order valence-electron chi connectivity index (χ2n) is 4.70. The summed E-state index contributed by atoms with van der Waals surface area (Å²) in [4.78, 5) is 0. The van der Waals surface area contributed by atoms with Gasteiger partial charge in [-0.3, -0.25) is 0 Å². The first-order valence-corrected chi connectivity index (χ1v) is 6.31. The predicted molar refractivity (Wildman–Crippen MR) is 66.3 cm³/mol. The zero-order valence-corrected chi connectivity index (χ0v) is 10.4. The van der Waals surface area contributed by atoms with E-state index in [-0.39, 0.29) is 18.0 Å². The molecule has 0 bridgehead atoms. The monoisotopic (exact) mass is 237 g/mol. The van der Waals surface area contributed by atoms with Crippen LogP contribution in [0.25, 0.3) is 0 Å². The van der Waals surface area contributed by atoms with Crippen molar-refractivity contribution in [3.63, 3.8) is 0 Å². The summed E-state index contributed by atoms with van der Waals surface area (Å²) in [5.74, 6) is 0.236. The molecule has 0 spiro atoms. The van der Waals surface area contributed by atoms with Gasteiger partial charge in [0.05, 0.1) is 12.7 Å². The van der Waals surface area contributed by atoms with Crippen LogP contribution in [0.1, 0.15) is 31.9 Å². The largest absolute Gasteiger partial charge is 0.378 e. The lowest BCUT2D eigenvalue weighted by Crippen LogP contribution is -2.29. The molecule has 1 aliphatic rings. The molecule has 0 aliphatic carbocycles. The molecule has 0 saturated carbocycles. The zero-order valence-electron chi connectivity index (χ0n) is 10.4. The lowest BCUT2D eigenvalue weighted by molar-refractivity contribution is 0.116. The molecule has 3 heteroatoms. The average molecular weight is 237 g/mol. The van der Waals surface area contributed by atoms with Gasteiger partial charge in [0.15, 0.2) is 0 Å². The van der Waals surface area contributed by atoms with Crippen molar-refractivity contribution in [2.24, 2.45) is 5.92 Å². The van der Waals surface area contributed by atoms with Gasteiger partial charge < -0.3 is 10.1 Å². The molecule has 1 aromatic rings. The van der Waals surface area contributed by atoms with Crippen molar-refractivity contribution in [3.8, 4) is 0 Å². The van der Waals surface area contributed by atoms with Gasteiger partial charge in [0.2, 0.25) is 0 Å². The minimum Gasteiger partial charge on any atom is -0.378 e.